The quantitative estimate of drug-likeness (QED) is 0.739. The van der Waals surface area contributed by atoms with Gasteiger partial charge in [0.25, 0.3) is 5.56 Å². The minimum Gasteiger partial charge on any atom is -0.310 e. The molecule has 0 aliphatic rings. The van der Waals surface area contributed by atoms with Gasteiger partial charge in [0.2, 0.25) is 0 Å². The molecule has 0 amide bonds. The smallest absolute Gasteiger partial charge is 0.258 e. The average Bonchev–Trinajstić information content (AvgIpc) is 2.41. The van der Waals surface area contributed by atoms with Crippen LogP contribution in [0.4, 0.5) is 8.78 Å². The molecule has 1 aromatic heterocycles. The predicted octanol–water partition coefficient (Wildman–Crippen LogP) is 3.18. The van der Waals surface area contributed by atoms with E-state index in [-0.39, 0.29) is 5.56 Å². The van der Waals surface area contributed by atoms with E-state index >= 15 is 0 Å². The first kappa shape index (κ1) is 12.5. The zero-order valence-corrected chi connectivity index (χ0v) is 10.6. The van der Waals surface area contributed by atoms with Crippen LogP contribution in [0, 0.1) is 18.6 Å². The van der Waals surface area contributed by atoms with E-state index in [1.54, 1.807) is 25.1 Å². The molecule has 5 heteroatoms. The van der Waals surface area contributed by atoms with Gasteiger partial charge in [0.05, 0.1) is 10.9 Å². The van der Waals surface area contributed by atoms with E-state index in [4.69, 9.17) is 0 Å². The summed E-state index contributed by atoms with van der Waals surface area (Å²) in [4.78, 5) is 18.7. The van der Waals surface area contributed by atoms with Crippen LogP contribution in [0.25, 0.3) is 22.0 Å². The van der Waals surface area contributed by atoms with Crippen molar-refractivity contribution in [1.29, 1.82) is 0 Å². The summed E-state index contributed by atoms with van der Waals surface area (Å²) in [5.74, 6) is -1.29. The third-order valence-corrected chi connectivity index (χ3v) is 3.08. The summed E-state index contributed by atoms with van der Waals surface area (Å²) >= 11 is 0. The minimum absolute atomic E-state index is 0.253. The number of aromatic amines is 1. The van der Waals surface area contributed by atoms with Crippen molar-refractivity contribution in [3.8, 4) is 11.1 Å². The minimum atomic E-state index is -0.918. The Morgan fingerprint density at radius 1 is 1.00 bits per heavy atom. The monoisotopic (exact) mass is 272 g/mol. The van der Waals surface area contributed by atoms with Gasteiger partial charge in [-0.1, -0.05) is 12.1 Å². The molecule has 0 fully saturated rings. The molecule has 1 N–H and O–H groups in total. The molecule has 20 heavy (non-hydrogen) atoms. The second-order valence-electron chi connectivity index (χ2n) is 4.51. The van der Waals surface area contributed by atoms with E-state index in [2.05, 4.69) is 9.97 Å². The van der Waals surface area contributed by atoms with Gasteiger partial charge in [0.1, 0.15) is 5.82 Å². The number of fused-ring (bicyclic) bond motifs is 1. The largest absolute Gasteiger partial charge is 0.310 e. The molecule has 2 aromatic carbocycles. The van der Waals surface area contributed by atoms with E-state index in [0.717, 1.165) is 12.1 Å². The zero-order chi connectivity index (χ0) is 14.3. The first-order chi connectivity index (χ1) is 9.54. The van der Waals surface area contributed by atoms with Crippen LogP contribution in [0.2, 0.25) is 0 Å². The van der Waals surface area contributed by atoms with Crippen molar-refractivity contribution in [1.82, 2.24) is 9.97 Å². The highest BCUT2D eigenvalue weighted by Crippen LogP contribution is 2.23. The fourth-order valence-corrected chi connectivity index (χ4v) is 2.11. The lowest BCUT2D eigenvalue weighted by molar-refractivity contribution is 0.509. The van der Waals surface area contributed by atoms with Gasteiger partial charge in [0, 0.05) is 0 Å². The molecule has 0 saturated carbocycles. The lowest BCUT2D eigenvalue weighted by Gasteiger charge is -2.04. The number of aryl methyl sites for hydroxylation is 1. The Hall–Kier alpha value is -2.56. The van der Waals surface area contributed by atoms with E-state index in [1.807, 2.05) is 0 Å². The number of benzene rings is 2. The third-order valence-electron chi connectivity index (χ3n) is 3.08. The van der Waals surface area contributed by atoms with Crippen LogP contribution in [0.1, 0.15) is 5.82 Å². The molecule has 100 valence electrons. The maximum atomic E-state index is 13.3. The highest BCUT2D eigenvalue weighted by molar-refractivity contribution is 5.83. The highest BCUT2D eigenvalue weighted by atomic mass is 19.2. The number of hydrogen-bond donors (Lipinski definition) is 1. The number of nitrogens with zero attached hydrogens (tertiary/aromatic N) is 1. The van der Waals surface area contributed by atoms with Crippen LogP contribution in [0.3, 0.4) is 0 Å². The number of hydrogen-bond acceptors (Lipinski definition) is 2. The molecule has 0 aliphatic heterocycles. The Kier molecular flexibility index (Phi) is 2.82. The summed E-state index contributed by atoms with van der Waals surface area (Å²) in [6, 6.07) is 8.66. The molecular weight excluding hydrogens is 262 g/mol. The second kappa shape index (κ2) is 4.52. The van der Waals surface area contributed by atoms with Crippen molar-refractivity contribution in [2.75, 3.05) is 0 Å². The van der Waals surface area contributed by atoms with Crippen LogP contribution < -0.4 is 5.56 Å². The Morgan fingerprint density at radius 3 is 2.45 bits per heavy atom. The van der Waals surface area contributed by atoms with Gasteiger partial charge in [-0.25, -0.2) is 13.8 Å². The predicted molar refractivity (Wildman–Crippen MR) is 72.5 cm³/mol. The molecule has 1 heterocycles. The number of aromatic nitrogens is 2. The summed E-state index contributed by atoms with van der Waals surface area (Å²) in [6.07, 6.45) is 0. The van der Waals surface area contributed by atoms with Crippen LogP contribution in [0.5, 0.6) is 0 Å². The molecular formula is C15H10F2N2O. The maximum Gasteiger partial charge on any atom is 0.258 e. The normalized spacial score (nSPS) is 10.9. The summed E-state index contributed by atoms with van der Waals surface area (Å²) in [6.45, 7) is 1.70. The fourth-order valence-electron chi connectivity index (χ4n) is 2.11. The van der Waals surface area contributed by atoms with Crippen molar-refractivity contribution in [2.45, 2.75) is 6.92 Å². The summed E-state index contributed by atoms with van der Waals surface area (Å²) in [7, 11) is 0. The molecule has 0 atom stereocenters. The van der Waals surface area contributed by atoms with Gasteiger partial charge < -0.3 is 4.98 Å². The first-order valence-corrected chi connectivity index (χ1v) is 6.01. The first-order valence-electron chi connectivity index (χ1n) is 6.01. The van der Waals surface area contributed by atoms with Gasteiger partial charge in [0.15, 0.2) is 11.6 Å². The number of rotatable bonds is 1. The van der Waals surface area contributed by atoms with Crippen molar-refractivity contribution >= 4 is 10.9 Å². The van der Waals surface area contributed by atoms with Crippen molar-refractivity contribution < 1.29 is 8.78 Å². The van der Waals surface area contributed by atoms with Gasteiger partial charge in [-0.3, -0.25) is 4.79 Å². The topological polar surface area (TPSA) is 45.8 Å². The lowest BCUT2D eigenvalue weighted by Crippen LogP contribution is -2.09. The van der Waals surface area contributed by atoms with E-state index in [1.165, 1.54) is 6.07 Å². The summed E-state index contributed by atoms with van der Waals surface area (Å²) < 4.78 is 26.2. The Labute approximate surface area is 112 Å². The maximum absolute atomic E-state index is 13.3. The fraction of sp³-hybridized carbons (Fsp3) is 0.0667. The highest BCUT2D eigenvalue weighted by Gasteiger charge is 2.07. The number of nitrogens with one attached hydrogen (secondary N) is 1. The Bertz CT molecular complexity index is 871. The molecule has 0 unspecified atom stereocenters. The summed E-state index contributed by atoms with van der Waals surface area (Å²) in [5.41, 5.74) is 1.45. The van der Waals surface area contributed by atoms with Gasteiger partial charge >= 0.3 is 0 Å². The van der Waals surface area contributed by atoms with Crippen molar-refractivity contribution in [3.05, 3.63) is 64.2 Å². The molecule has 3 rings (SSSR count). The lowest BCUT2D eigenvalue weighted by atomic mass is 10.0. The van der Waals surface area contributed by atoms with Crippen molar-refractivity contribution in [3.63, 3.8) is 0 Å². The average molecular weight is 272 g/mol. The Balaban J connectivity index is 2.22. The van der Waals surface area contributed by atoms with Crippen LogP contribution in [-0.4, -0.2) is 9.97 Å². The Morgan fingerprint density at radius 2 is 1.70 bits per heavy atom. The zero-order valence-electron chi connectivity index (χ0n) is 10.6. The van der Waals surface area contributed by atoms with Crippen molar-refractivity contribution in [2.24, 2.45) is 0 Å². The molecule has 3 aromatic rings. The van der Waals surface area contributed by atoms with Crippen LogP contribution in [0.15, 0.2) is 41.2 Å². The number of H-pyrrole nitrogens is 1. The molecule has 0 saturated heterocycles. The van der Waals surface area contributed by atoms with Crippen LogP contribution >= 0.6 is 0 Å². The van der Waals surface area contributed by atoms with Gasteiger partial charge in [-0.15, -0.1) is 0 Å². The molecule has 0 bridgehead atoms. The van der Waals surface area contributed by atoms with Crippen LogP contribution in [-0.2, 0) is 0 Å². The third kappa shape index (κ3) is 2.07. The summed E-state index contributed by atoms with van der Waals surface area (Å²) in [5, 5.41) is 0.415. The van der Waals surface area contributed by atoms with E-state index in [9.17, 15) is 13.6 Å². The molecule has 0 radical (unpaired) electrons. The van der Waals surface area contributed by atoms with Gasteiger partial charge in [-0.05, 0) is 42.3 Å². The van der Waals surface area contributed by atoms with Gasteiger partial charge in [-0.2, -0.15) is 0 Å². The standard InChI is InChI=1S/C15H10F2N2O/c1-8-18-14-5-3-9(6-11(14)15(20)19-8)10-2-4-12(16)13(17)7-10/h2-7H,1H3,(H,18,19,20). The molecule has 3 nitrogen and oxygen atoms in total. The number of halogens is 2. The SMILES string of the molecule is Cc1nc2ccc(-c3ccc(F)c(F)c3)cc2c(=O)[nH]1. The van der Waals surface area contributed by atoms with E-state index < -0.39 is 11.6 Å². The molecule has 0 aliphatic carbocycles. The van der Waals surface area contributed by atoms with E-state index in [0.29, 0.717) is 27.9 Å². The second-order valence-corrected chi connectivity index (χ2v) is 4.51. The molecule has 0 spiro atoms.